The molecule has 98 valence electrons. The van der Waals surface area contributed by atoms with E-state index < -0.39 is 5.41 Å². The maximum atomic E-state index is 12.3. The lowest BCUT2D eigenvalue weighted by Crippen LogP contribution is -2.47. The summed E-state index contributed by atoms with van der Waals surface area (Å²) in [7, 11) is 1.43. The van der Waals surface area contributed by atoms with Crippen LogP contribution in [0.4, 0.5) is 0 Å². The molecule has 0 spiro atoms. The molecule has 5 heteroatoms. The topological polar surface area (TPSA) is 47.6 Å². The van der Waals surface area contributed by atoms with Crippen molar-refractivity contribution < 1.29 is 14.4 Å². The summed E-state index contributed by atoms with van der Waals surface area (Å²) in [5.41, 5.74) is 2.61. The van der Waals surface area contributed by atoms with Gasteiger partial charge in [0.15, 0.2) is 0 Å². The molecular formula is C13H16ClNO3. The van der Waals surface area contributed by atoms with Crippen LogP contribution in [0, 0.1) is 0 Å². The number of hydrogen-bond donors (Lipinski definition) is 1. The minimum Gasteiger partial charge on any atom is -0.381 e. The predicted octanol–water partition coefficient (Wildman–Crippen LogP) is 2.07. The summed E-state index contributed by atoms with van der Waals surface area (Å²) in [5.74, 6) is -0.165. The molecule has 1 amide bonds. The van der Waals surface area contributed by atoms with E-state index in [1.54, 1.807) is 6.07 Å². The molecule has 1 aliphatic heterocycles. The number of carbonyl (C=O) groups excluding carboxylic acids is 1. The van der Waals surface area contributed by atoms with E-state index in [1.807, 2.05) is 18.2 Å². The van der Waals surface area contributed by atoms with Crippen molar-refractivity contribution in [3.05, 3.63) is 34.9 Å². The van der Waals surface area contributed by atoms with Crippen molar-refractivity contribution in [2.75, 3.05) is 20.3 Å². The van der Waals surface area contributed by atoms with Crippen molar-refractivity contribution in [3.63, 3.8) is 0 Å². The lowest BCUT2D eigenvalue weighted by molar-refractivity contribution is -0.141. The third-order valence-electron chi connectivity index (χ3n) is 3.37. The number of amides is 1. The van der Waals surface area contributed by atoms with Crippen molar-refractivity contribution in [2.24, 2.45) is 0 Å². The summed E-state index contributed by atoms with van der Waals surface area (Å²) in [6.07, 6.45) is 1.21. The largest absolute Gasteiger partial charge is 0.381 e. The quantitative estimate of drug-likeness (QED) is 0.855. The van der Waals surface area contributed by atoms with E-state index in [0.717, 1.165) is 5.56 Å². The van der Waals surface area contributed by atoms with Crippen LogP contribution in [0.1, 0.15) is 18.4 Å². The number of ether oxygens (including phenoxy) is 1. The minimum absolute atomic E-state index is 0.165. The molecule has 18 heavy (non-hydrogen) atoms. The maximum absolute atomic E-state index is 12.3. The summed E-state index contributed by atoms with van der Waals surface area (Å²) in [6.45, 7) is 1.09. The van der Waals surface area contributed by atoms with Crippen LogP contribution in [0.5, 0.6) is 0 Å². The number of nitrogens with one attached hydrogen (secondary N) is 1. The molecule has 2 rings (SSSR count). The fourth-order valence-electron chi connectivity index (χ4n) is 2.38. The van der Waals surface area contributed by atoms with Crippen molar-refractivity contribution in [2.45, 2.75) is 18.3 Å². The lowest BCUT2D eigenvalue weighted by atomic mass is 9.73. The highest BCUT2D eigenvalue weighted by molar-refractivity contribution is 6.31. The number of carbonyl (C=O) groups is 1. The molecule has 0 unspecified atom stereocenters. The smallest absolute Gasteiger partial charge is 0.254 e. The van der Waals surface area contributed by atoms with Gasteiger partial charge in [-0.15, -0.1) is 0 Å². The molecule has 0 atom stereocenters. The molecule has 1 N–H and O–H groups in total. The first-order chi connectivity index (χ1) is 8.70. The van der Waals surface area contributed by atoms with Crippen LogP contribution in [0.3, 0.4) is 0 Å². The first kappa shape index (κ1) is 13.3. The molecule has 1 heterocycles. The van der Waals surface area contributed by atoms with Gasteiger partial charge in [-0.3, -0.25) is 9.63 Å². The molecule has 1 aromatic carbocycles. The zero-order chi connectivity index (χ0) is 13.0. The van der Waals surface area contributed by atoms with Crippen molar-refractivity contribution in [1.82, 2.24) is 5.48 Å². The van der Waals surface area contributed by atoms with E-state index in [-0.39, 0.29) is 5.91 Å². The summed E-state index contributed by atoms with van der Waals surface area (Å²) < 4.78 is 5.35. The SMILES string of the molecule is CONC(=O)C1(c2ccccc2Cl)CCOCC1. The highest BCUT2D eigenvalue weighted by atomic mass is 35.5. The van der Waals surface area contributed by atoms with Crippen molar-refractivity contribution in [1.29, 1.82) is 0 Å². The fraction of sp³-hybridized carbons (Fsp3) is 0.462. The Hall–Kier alpha value is -1.10. The Morgan fingerprint density at radius 2 is 2.06 bits per heavy atom. The van der Waals surface area contributed by atoms with Crippen LogP contribution in [0.25, 0.3) is 0 Å². The highest BCUT2D eigenvalue weighted by Crippen LogP contribution is 2.38. The van der Waals surface area contributed by atoms with Gasteiger partial charge in [-0.2, -0.15) is 0 Å². The summed E-state index contributed by atoms with van der Waals surface area (Å²) in [6, 6.07) is 7.43. The Morgan fingerprint density at radius 1 is 1.39 bits per heavy atom. The van der Waals surface area contributed by atoms with Crippen LogP contribution in [-0.2, 0) is 19.8 Å². The number of benzene rings is 1. The van der Waals surface area contributed by atoms with Gasteiger partial charge in [0.2, 0.25) is 0 Å². The molecule has 0 saturated carbocycles. The average Bonchev–Trinajstić information content (AvgIpc) is 2.40. The standard InChI is InChI=1S/C13H16ClNO3/c1-17-15-12(16)13(6-8-18-9-7-13)10-4-2-3-5-11(10)14/h2-5H,6-9H2,1H3,(H,15,16). The first-order valence-corrected chi connectivity index (χ1v) is 6.25. The van der Waals surface area contributed by atoms with Crippen molar-refractivity contribution >= 4 is 17.5 Å². The van der Waals surface area contributed by atoms with Gasteiger partial charge >= 0.3 is 0 Å². The molecular weight excluding hydrogens is 254 g/mol. The van der Waals surface area contributed by atoms with E-state index in [1.165, 1.54) is 7.11 Å². The number of hydroxylamine groups is 1. The molecule has 4 nitrogen and oxygen atoms in total. The van der Waals surface area contributed by atoms with Gasteiger partial charge in [-0.05, 0) is 24.5 Å². The second-order valence-corrected chi connectivity index (χ2v) is 4.72. The Bertz CT molecular complexity index is 430. The normalized spacial score (nSPS) is 18.3. The third kappa shape index (κ3) is 2.36. The van der Waals surface area contributed by atoms with E-state index in [9.17, 15) is 4.79 Å². The summed E-state index contributed by atoms with van der Waals surface area (Å²) in [5, 5.41) is 0.602. The molecule has 1 aliphatic rings. The molecule has 0 radical (unpaired) electrons. The van der Waals surface area contributed by atoms with Crippen LogP contribution >= 0.6 is 11.6 Å². The van der Waals surface area contributed by atoms with E-state index >= 15 is 0 Å². The monoisotopic (exact) mass is 269 g/mol. The summed E-state index contributed by atoms with van der Waals surface area (Å²) in [4.78, 5) is 17.1. The molecule has 0 bridgehead atoms. The van der Waals surface area contributed by atoms with Crippen LogP contribution in [-0.4, -0.2) is 26.2 Å². The number of halogens is 1. The van der Waals surface area contributed by atoms with E-state index in [4.69, 9.17) is 21.2 Å². The van der Waals surface area contributed by atoms with Crippen LogP contribution in [0.15, 0.2) is 24.3 Å². The van der Waals surface area contributed by atoms with Gasteiger partial charge in [-0.25, -0.2) is 5.48 Å². The molecule has 1 aromatic rings. The lowest BCUT2D eigenvalue weighted by Gasteiger charge is -2.36. The van der Waals surface area contributed by atoms with Gasteiger partial charge in [0.05, 0.1) is 12.5 Å². The molecule has 1 saturated heterocycles. The fourth-order valence-corrected chi connectivity index (χ4v) is 2.69. The minimum atomic E-state index is -0.660. The van der Waals surface area contributed by atoms with Crippen LogP contribution in [0.2, 0.25) is 5.02 Å². The highest BCUT2D eigenvalue weighted by Gasteiger charge is 2.43. The molecule has 0 aromatic heterocycles. The van der Waals surface area contributed by atoms with Gasteiger partial charge in [0.1, 0.15) is 0 Å². The average molecular weight is 270 g/mol. The predicted molar refractivity (Wildman–Crippen MR) is 68.3 cm³/mol. The summed E-state index contributed by atoms with van der Waals surface area (Å²) >= 11 is 6.23. The zero-order valence-corrected chi connectivity index (χ0v) is 11.0. The van der Waals surface area contributed by atoms with Gasteiger partial charge in [0, 0.05) is 18.2 Å². The second kappa shape index (κ2) is 5.69. The zero-order valence-electron chi connectivity index (χ0n) is 10.2. The number of hydrogen-bond acceptors (Lipinski definition) is 3. The Morgan fingerprint density at radius 3 is 2.67 bits per heavy atom. The molecule has 1 fully saturated rings. The Balaban J connectivity index is 2.41. The Kier molecular flexibility index (Phi) is 4.22. The van der Waals surface area contributed by atoms with E-state index in [2.05, 4.69) is 5.48 Å². The van der Waals surface area contributed by atoms with E-state index in [0.29, 0.717) is 31.1 Å². The maximum Gasteiger partial charge on any atom is 0.254 e. The molecule has 0 aliphatic carbocycles. The van der Waals surface area contributed by atoms with Gasteiger partial charge in [0.25, 0.3) is 5.91 Å². The van der Waals surface area contributed by atoms with Gasteiger partial charge in [-0.1, -0.05) is 29.8 Å². The Labute approximate surface area is 111 Å². The number of rotatable bonds is 3. The van der Waals surface area contributed by atoms with Crippen molar-refractivity contribution in [3.8, 4) is 0 Å². The second-order valence-electron chi connectivity index (χ2n) is 4.31. The first-order valence-electron chi connectivity index (χ1n) is 5.87. The van der Waals surface area contributed by atoms with Crippen LogP contribution < -0.4 is 5.48 Å². The third-order valence-corrected chi connectivity index (χ3v) is 3.69. The van der Waals surface area contributed by atoms with Gasteiger partial charge < -0.3 is 4.74 Å².